The molecule has 2 N–H and O–H groups in total. The number of carbonyl (C=O) groups is 3. The SMILES string of the molecule is COc1ccc(Oc2ccc(NC(=O)CCC(=O)OCC(=O)Nc3cc(C)c(Br)cc3C)cc2)cc1. The number of benzene rings is 3. The fraction of sp³-hybridized carbons (Fsp3) is 0.222. The summed E-state index contributed by atoms with van der Waals surface area (Å²) in [6.45, 7) is 3.35. The molecular weight excluding hydrogens is 528 g/mol. The van der Waals surface area contributed by atoms with Crippen molar-refractivity contribution >= 4 is 45.1 Å². The maximum absolute atomic E-state index is 12.2. The average molecular weight is 555 g/mol. The van der Waals surface area contributed by atoms with Crippen LogP contribution in [0.3, 0.4) is 0 Å². The van der Waals surface area contributed by atoms with E-state index in [-0.39, 0.29) is 18.7 Å². The van der Waals surface area contributed by atoms with Crippen LogP contribution in [0.5, 0.6) is 17.2 Å². The average Bonchev–Trinajstić information content (AvgIpc) is 2.86. The van der Waals surface area contributed by atoms with Crippen LogP contribution in [0.4, 0.5) is 11.4 Å². The van der Waals surface area contributed by atoms with Crippen molar-refractivity contribution in [2.75, 3.05) is 24.4 Å². The van der Waals surface area contributed by atoms with Crippen molar-refractivity contribution in [3.8, 4) is 17.2 Å². The third-order valence-corrected chi connectivity index (χ3v) is 5.99. The second-order valence-electron chi connectivity index (χ2n) is 7.98. The molecule has 0 saturated carbocycles. The van der Waals surface area contributed by atoms with E-state index in [2.05, 4.69) is 26.6 Å². The molecule has 0 aromatic heterocycles. The normalized spacial score (nSPS) is 10.3. The summed E-state index contributed by atoms with van der Waals surface area (Å²) in [6, 6.07) is 17.8. The minimum Gasteiger partial charge on any atom is -0.497 e. The van der Waals surface area contributed by atoms with Gasteiger partial charge in [0.15, 0.2) is 6.61 Å². The van der Waals surface area contributed by atoms with Gasteiger partial charge in [-0.1, -0.05) is 15.9 Å². The van der Waals surface area contributed by atoms with Gasteiger partial charge in [0, 0.05) is 22.3 Å². The molecule has 0 aliphatic heterocycles. The molecule has 8 nitrogen and oxygen atoms in total. The first kappa shape index (κ1) is 26.7. The van der Waals surface area contributed by atoms with E-state index in [0.29, 0.717) is 22.9 Å². The van der Waals surface area contributed by atoms with Gasteiger partial charge in [0.2, 0.25) is 5.91 Å². The molecule has 0 bridgehead atoms. The number of nitrogens with one attached hydrogen (secondary N) is 2. The molecule has 0 aliphatic rings. The topological polar surface area (TPSA) is 103 Å². The number of esters is 1. The van der Waals surface area contributed by atoms with Crippen LogP contribution >= 0.6 is 15.9 Å². The van der Waals surface area contributed by atoms with E-state index >= 15 is 0 Å². The number of anilines is 2. The number of halogens is 1. The summed E-state index contributed by atoms with van der Waals surface area (Å²) in [5.41, 5.74) is 3.06. The smallest absolute Gasteiger partial charge is 0.306 e. The summed E-state index contributed by atoms with van der Waals surface area (Å²) >= 11 is 3.44. The van der Waals surface area contributed by atoms with E-state index in [0.717, 1.165) is 21.3 Å². The molecule has 0 aliphatic carbocycles. The molecule has 9 heteroatoms. The van der Waals surface area contributed by atoms with E-state index in [1.807, 2.05) is 26.0 Å². The van der Waals surface area contributed by atoms with Gasteiger partial charge < -0.3 is 24.8 Å². The molecule has 188 valence electrons. The molecule has 3 rings (SSSR count). The van der Waals surface area contributed by atoms with E-state index in [4.69, 9.17) is 14.2 Å². The summed E-state index contributed by atoms with van der Waals surface area (Å²) in [5, 5.41) is 5.44. The van der Waals surface area contributed by atoms with Gasteiger partial charge in [0.1, 0.15) is 17.2 Å². The van der Waals surface area contributed by atoms with Gasteiger partial charge in [-0.15, -0.1) is 0 Å². The molecule has 0 heterocycles. The summed E-state index contributed by atoms with van der Waals surface area (Å²) in [6.07, 6.45) is -0.218. The van der Waals surface area contributed by atoms with Gasteiger partial charge in [-0.3, -0.25) is 14.4 Å². The molecule has 3 aromatic carbocycles. The maximum Gasteiger partial charge on any atom is 0.306 e. The van der Waals surface area contributed by atoms with Crippen LogP contribution in [0.1, 0.15) is 24.0 Å². The highest BCUT2D eigenvalue weighted by Crippen LogP contribution is 2.26. The Bertz CT molecular complexity index is 1230. The molecule has 0 saturated heterocycles. The van der Waals surface area contributed by atoms with Gasteiger partial charge in [-0.05, 0) is 85.6 Å². The fourth-order valence-electron chi connectivity index (χ4n) is 3.15. The number of amides is 2. The van der Waals surface area contributed by atoms with Crippen LogP contribution < -0.4 is 20.1 Å². The molecule has 36 heavy (non-hydrogen) atoms. The largest absolute Gasteiger partial charge is 0.497 e. The molecule has 3 aromatic rings. The van der Waals surface area contributed by atoms with Crippen LogP contribution in [0.15, 0.2) is 65.1 Å². The van der Waals surface area contributed by atoms with E-state index in [1.54, 1.807) is 55.6 Å². The molecule has 0 unspecified atom stereocenters. The number of aryl methyl sites for hydroxylation is 2. The van der Waals surface area contributed by atoms with Crippen molar-refractivity contribution in [3.05, 3.63) is 76.3 Å². The Kier molecular flexibility index (Phi) is 9.46. The van der Waals surface area contributed by atoms with E-state index in [1.165, 1.54) is 0 Å². The minimum atomic E-state index is -0.632. The van der Waals surface area contributed by atoms with Crippen molar-refractivity contribution < 1.29 is 28.6 Å². The number of methoxy groups -OCH3 is 1. The van der Waals surface area contributed by atoms with Gasteiger partial charge in [-0.2, -0.15) is 0 Å². The Morgan fingerprint density at radius 3 is 2.03 bits per heavy atom. The number of hydrogen-bond donors (Lipinski definition) is 2. The monoisotopic (exact) mass is 554 g/mol. The Balaban J connectivity index is 1.38. The van der Waals surface area contributed by atoms with Crippen LogP contribution in [-0.2, 0) is 19.1 Å². The number of carbonyl (C=O) groups excluding carboxylic acids is 3. The predicted molar refractivity (Wildman–Crippen MR) is 141 cm³/mol. The van der Waals surface area contributed by atoms with Gasteiger partial charge in [0.25, 0.3) is 5.91 Å². The first-order chi connectivity index (χ1) is 17.2. The van der Waals surface area contributed by atoms with Crippen molar-refractivity contribution in [1.29, 1.82) is 0 Å². The van der Waals surface area contributed by atoms with Gasteiger partial charge in [0.05, 0.1) is 13.5 Å². The van der Waals surface area contributed by atoms with Crippen LogP contribution in [0.2, 0.25) is 0 Å². The highest BCUT2D eigenvalue weighted by molar-refractivity contribution is 9.10. The molecule has 0 fully saturated rings. The van der Waals surface area contributed by atoms with Crippen molar-refractivity contribution in [1.82, 2.24) is 0 Å². The number of hydrogen-bond acceptors (Lipinski definition) is 6. The van der Waals surface area contributed by atoms with Crippen molar-refractivity contribution in [3.63, 3.8) is 0 Å². The fourth-order valence-corrected chi connectivity index (χ4v) is 3.60. The Morgan fingerprint density at radius 2 is 1.39 bits per heavy atom. The third-order valence-electron chi connectivity index (χ3n) is 5.13. The van der Waals surface area contributed by atoms with Crippen LogP contribution in [0, 0.1) is 13.8 Å². The lowest BCUT2D eigenvalue weighted by molar-refractivity contribution is -0.147. The first-order valence-electron chi connectivity index (χ1n) is 11.2. The first-order valence-corrected chi connectivity index (χ1v) is 12.0. The zero-order chi connectivity index (χ0) is 26.1. The standard InChI is InChI=1S/C27H27BrN2O6/c1-17-15-24(18(2)14-23(17)28)30-26(32)16-35-27(33)13-12-25(31)29-19-4-6-21(7-5-19)36-22-10-8-20(34-3)9-11-22/h4-11,14-15H,12-13,16H2,1-3H3,(H,29,31)(H,30,32). The molecular formula is C27H27BrN2O6. The zero-order valence-electron chi connectivity index (χ0n) is 20.2. The lowest BCUT2D eigenvalue weighted by Gasteiger charge is -2.11. The zero-order valence-corrected chi connectivity index (χ0v) is 21.8. The van der Waals surface area contributed by atoms with Gasteiger partial charge >= 0.3 is 5.97 Å². The second-order valence-corrected chi connectivity index (χ2v) is 8.83. The van der Waals surface area contributed by atoms with Crippen LogP contribution in [-0.4, -0.2) is 31.5 Å². The summed E-state index contributed by atoms with van der Waals surface area (Å²) in [7, 11) is 1.60. The highest BCUT2D eigenvalue weighted by Gasteiger charge is 2.12. The quantitative estimate of drug-likeness (QED) is 0.308. The van der Waals surface area contributed by atoms with Crippen LogP contribution in [0.25, 0.3) is 0 Å². The second kappa shape index (κ2) is 12.7. The minimum absolute atomic E-state index is 0.0738. The van der Waals surface area contributed by atoms with E-state index < -0.39 is 18.5 Å². The maximum atomic E-state index is 12.2. The lowest BCUT2D eigenvalue weighted by atomic mass is 10.1. The summed E-state index contributed by atoms with van der Waals surface area (Å²) in [5.74, 6) is 0.566. The Labute approximate surface area is 218 Å². The lowest BCUT2D eigenvalue weighted by Crippen LogP contribution is -2.22. The molecule has 0 spiro atoms. The number of rotatable bonds is 10. The molecule has 0 atom stereocenters. The molecule has 0 radical (unpaired) electrons. The third kappa shape index (κ3) is 8.13. The van der Waals surface area contributed by atoms with Crippen molar-refractivity contribution in [2.45, 2.75) is 26.7 Å². The predicted octanol–water partition coefficient (Wildman–Crippen LogP) is 5.77. The summed E-state index contributed by atoms with van der Waals surface area (Å²) in [4.78, 5) is 36.3. The van der Waals surface area contributed by atoms with E-state index in [9.17, 15) is 14.4 Å². The highest BCUT2D eigenvalue weighted by atomic mass is 79.9. The summed E-state index contributed by atoms with van der Waals surface area (Å²) < 4.78 is 16.8. The van der Waals surface area contributed by atoms with Gasteiger partial charge in [-0.25, -0.2) is 0 Å². The van der Waals surface area contributed by atoms with Crippen molar-refractivity contribution in [2.24, 2.45) is 0 Å². The number of ether oxygens (including phenoxy) is 3. The Hall–Kier alpha value is -3.85. The Morgan fingerprint density at radius 1 is 0.778 bits per heavy atom. The molecule has 2 amide bonds.